The summed E-state index contributed by atoms with van der Waals surface area (Å²) < 4.78 is 64.4. The molecule has 368 valence electrons. The summed E-state index contributed by atoms with van der Waals surface area (Å²) in [4.78, 5) is 32.4. The van der Waals surface area contributed by atoms with Crippen LogP contribution in [0.2, 0.25) is 0 Å². The van der Waals surface area contributed by atoms with Gasteiger partial charge in [-0.25, -0.2) is 9.59 Å². The fourth-order valence-electron chi connectivity index (χ4n) is 8.26. The molecule has 10 atom stereocenters. The van der Waals surface area contributed by atoms with Crippen molar-refractivity contribution in [3.8, 4) is 5.75 Å². The molecule has 71 heavy (non-hydrogen) atoms. The van der Waals surface area contributed by atoms with Crippen molar-refractivity contribution >= 4 is 23.7 Å². The van der Waals surface area contributed by atoms with Gasteiger partial charge in [0.2, 0.25) is 0 Å². The molecule has 0 amide bonds. The number of methoxy groups -OCH3 is 2. The number of carbonyl (C=O) groups is 2. The molecule has 8 rings (SSSR count). The first-order valence-corrected chi connectivity index (χ1v) is 24.0. The molecule has 0 aliphatic carbocycles. The summed E-state index contributed by atoms with van der Waals surface area (Å²) in [6, 6.07) is 52.7. The third-order valence-electron chi connectivity index (χ3n) is 11.8. The highest BCUT2D eigenvalue weighted by molar-refractivity contribution is 7.99. The van der Waals surface area contributed by atoms with Gasteiger partial charge in [-0.05, 0) is 64.2 Å². The Kier molecular flexibility index (Phi) is 18.6. The zero-order valence-electron chi connectivity index (χ0n) is 39.2. The normalized spacial score (nSPS) is 24.0. The fraction of sp³-hybridized carbons (Fsp3) is 0.309. The summed E-state index contributed by atoms with van der Waals surface area (Å²) in [6.45, 7) is 0.410. The van der Waals surface area contributed by atoms with Crippen LogP contribution < -0.4 is 4.74 Å². The fourth-order valence-corrected chi connectivity index (χ4v) is 9.36. The van der Waals surface area contributed by atoms with Crippen molar-refractivity contribution in [3.05, 3.63) is 214 Å². The topological polar surface area (TPSA) is 175 Å². The van der Waals surface area contributed by atoms with E-state index < -0.39 is 72.4 Å². The minimum Gasteiger partial charge on any atom is -0.497 e. The maximum absolute atomic E-state index is 14.2. The summed E-state index contributed by atoms with van der Waals surface area (Å²) >= 11 is 1.24. The van der Waals surface area contributed by atoms with Crippen LogP contribution in [0.4, 0.5) is 0 Å². The maximum Gasteiger partial charge on any atom is 0.338 e. The lowest BCUT2D eigenvalue weighted by Gasteiger charge is -2.49. The van der Waals surface area contributed by atoms with Gasteiger partial charge in [0.25, 0.3) is 0 Å². The molecule has 15 nitrogen and oxygen atoms in total. The van der Waals surface area contributed by atoms with Gasteiger partial charge in [0.15, 0.2) is 18.5 Å². The van der Waals surface area contributed by atoms with Crippen LogP contribution in [0.3, 0.4) is 0 Å². The van der Waals surface area contributed by atoms with Crippen LogP contribution in [-0.2, 0) is 73.9 Å². The summed E-state index contributed by atoms with van der Waals surface area (Å²) in [6.07, 6.45) is -9.72. The van der Waals surface area contributed by atoms with E-state index >= 15 is 0 Å². The molecule has 6 aromatic carbocycles. The minimum atomic E-state index is -1.50. The molecule has 0 spiro atoms. The van der Waals surface area contributed by atoms with E-state index in [9.17, 15) is 15.1 Å². The molecule has 0 radical (unpaired) electrons. The van der Waals surface area contributed by atoms with Crippen LogP contribution in [0.5, 0.6) is 5.75 Å². The van der Waals surface area contributed by atoms with Gasteiger partial charge in [0, 0.05) is 9.81 Å². The number of nitrogens with zero attached hydrogens (tertiary/aromatic N) is 3. The van der Waals surface area contributed by atoms with Crippen molar-refractivity contribution in [2.24, 2.45) is 5.11 Å². The van der Waals surface area contributed by atoms with E-state index in [0.717, 1.165) is 27.1 Å². The molecule has 2 heterocycles. The van der Waals surface area contributed by atoms with Crippen LogP contribution in [0, 0.1) is 0 Å². The first kappa shape index (κ1) is 50.8. The molecule has 0 N–H and O–H groups in total. The van der Waals surface area contributed by atoms with Crippen molar-refractivity contribution in [3.63, 3.8) is 0 Å². The van der Waals surface area contributed by atoms with Crippen LogP contribution >= 0.6 is 11.8 Å². The van der Waals surface area contributed by atoms with E-state index in [4.69, 9.17) is 47.4 Å². The van der Waals surface area contributed by atoms with E-state index in [1.54, 1.807) is 37.4 Å². The Balaban J connectivity index is 1.20. The van der Waals surface area contributed by atoms with E-state index in [-0.39, 0.29) is 38.6 Å². The predicted molar refractivity (Wildman–Crippen MR) is 263 cm³/mol. The molecule has 6 aromatic rings. The van der Waals surface area contributed by atoms with Gasteiger partial charge in [-0.1, -0.05) is 156 Å². The summed E-state index contributed by atoms with van der Waals surface area (Å²) in [5, 5.41) is 4.28. The highest BCUT2D eigenvalue weighted by Crippen LogP contribution is 2.41. The molecule has 0 bridgehead atoms. The van der Waals surface area contributed by atoms with Crippen LogP contribution in [0.1, 0.15) is 32.6 Å². The largest absolute Gasteiger partial charge is 0.497 e. The number of ether oxygens (including phenoxy) is 10. The smallest absolute Gasteiger partial charge is 0.338 e. The number of rotatable bonds is 22. The van der Waals surface area contributed by atoms with Gasteiger partial charge in [0.05, 0.1) is 52.8 Å². The van der Waals surface area contributed by atoms with Gasteiger partial charge in [-0.3, -0.25) is 0 Å². The molecule has 2 saturated heterocycles. The second kappa shape index (κ2) is 26.1. The van der Waals surface area contributed by atoms with Crippen LogP contribution in [0.15, 0.2) is 186 Å². The Hall–Kier alpha value is -6.56. The molecular weight excluding hydrogens is 927 g/mol. The molecule has 0 saturated carbocycles. The van der Waals surface area contributed by atoms with Crippen molar-refractivity contribution < 1.29 is 57.0 Å². The van der Waals surface area contributed by atoms with Crippen molar-refractivity contribution in [1.29, 1.82) is 0 Å². The minimum absolute atomic E-state index is 0.00666. The van der Waals surface area contributed by atoms with E-state index in [2.05, 4.69) is 10.0 Å². The zero-order valence-corrected chi connectivity index (χ0v) is 40.0. The quantitative estimate of drug-likeness (QED) is 0.0272. The predicted octanol–water partition coefficient (Wildman–Crippen LogP) is 9.67. The lowest BCUT2D eigenvalue weighted by atomic mass is 9.95. The van der Waals surface area contributed by atoms with Gasteiger partial charge in [-0.15, -0.1) is 0 Å². The number of hydrogen-bond donors (Lipinski definition) is 0. The maximum atomic E-state index is 14.2. The summed E-state index contributed by atoms with van der Waals surface area (Å²) in [5.74, 6) is -0.782. The number of azide groups is 1. The van der Waals surface area contributed by atoms with E-state index in [0.29, 0.717) is 5.75 Å². The Morgan fingerprint density at radius 2 is 1.11 bits per heavy atom. The lowest BCUT2D eigenvalue weighted by Crippen LogP contribution is -2.66. The zero-order chi connectivity index (χ0) is 49.2. The average Bonchev–Trinajstić information content (AvgIpc) is 3.42. The Labute approximate surface area is 416 Å². The third-order valence-corrected chi connectivity index (χ3v) is 13.0. The molecule has 16 heteroatoms. The van der Waals surface area contributed by atoms with Gasteiger partial charge in [-0.2, -0.15) is 0 Å². The van der Waals surface area contributed by atoms with Crippen LogP contribution in [0.25, 0.3) is 10.4 Å². The first-order chi connectivity index (χ1) is 34.9. The summed E-state index contributed by atoms with van der Waals surface area (Å²) in [5.41, 5.74) is 12.9. The second-order valence-corrected chi connectivity index (χ2v) is 17.8. The molecule has 0 aromatic heterocycles. The highest BCUT2D eigenvalue weighted by Gasteiger charge is 2.56. The molecule has 2 aliphatic rings. The second-order valence-electron chi connectivity index (χ2n) is 16.6. The standard InChI is InChI=1S/C55H55N3O12S/c1-61-42-30-28-40(29-31-42)35-64-46-44(36-63-32-37-18-8-3-9-19-37)67-54(45(57-58-56)47(46)65-33-38-20-10-4-11-21-38)69-49-48(66-34-39-22-12-5-13-23-39)51(68-52(59)41-24-14-6-15-25-41)55(70-50(49)53(60)62-2)71-43-26-16-7-17-27-43/h3-31,44-51,54-55H,32-36H2,1-2H3/t44?,45?,46-,47+,48?,49-,50+,51?,54-,55?/m0/s1. The van der Waals surface area contributed by atoms with Gasteiger partial charge in [0.1, 0.15) is 47.7 Å². The number of thioether (sulfide) groups is 1. The molecule has 5 unspecified atom stereocenters. The number of carbonyl (C=O) groups excluding carboxylic acids is 2. The average molecular weight is 982 g/mol. The molecule has 2 fully saturated rings. The van der Waals surface area contributed by atoms with Crippen molar-refractivity contribution in [2.45, 2.75) is 91.8 Å². The number of benzene rings is 6. The van der Waals surface area contributed by atoms with Crippen molar-refractivity contribution in [2.75, 3.05) is 20.8 Å². The number of esters is 2. The monoisotopic (exact) mass is 981 g/mol. The van der Waals surface area contributed by atoms with E-state index in [1.165, 1.54) is 18.9 Å². The SMILES string of the molecule is COC(=O)[C@@H]1OC(Sc2ccccc2)C(OC(=O)c2ccccc2)C(OCc2ccccc2)[C@@H]1O[C@@H]1OC(COCc2ccccc2)[C@H](OCc2ccc(OC)cc2)[C@H](OCc2ccccc2)C1N=[N+]=[N-]. The Bertz CT molecular complexity index is 2600. The lowest BCUT2D eigenvalue weighted by molar-refractivity contribution is -0.325. The highest BCUT2D eigenvalue weighted by atomic mass is 32.2. The van der Waals surface area contributed by atoms with Crippen molar-refractivity contribution in [1.82, 2.24) is 0 Å². The van der Waals surface area contributed by atoms with E-state index in [1.807, 2.05) is 146 Å². The summed E-state index contributed by atoms with van der Waals surface area (Å²) in [7, 11) is 2.83. The first-order valence-electron chi connectivity index (χ1n) is 23.1. The Morgan fingerprint density at radius 1 is 0.592 bits per heavy atom. The molecular formula is C55H55N3O12S. The van der Waals surface area contributed by atoms with Crippen LogP contribution in [-0.4, -0.2) is 93.3 Å². The molecule has 2 aliphatic heterocycles. The van der Waals surface area contributed by atoms with Gasteiger partial charge < -0.3 is 47.4 Å². The Morgan fingerprint density at radius 3 is 1.68 bits per heavy atom. The van der Waals surface area contributed by atoms with Gasteiger partial charge >= 0.3 is 11.9 Å². The number of hydrogen-bond acceptors (Lipinski definition) is 14. The third kappa shape index (κ3) is 13.9.